The maximum Gasteiger partial charge on any atom is 0.258 e. The van der Waals surface area contributed by atoms with Crippen LogP contribution < -0.4 is 10.6 Å². The number of fused-ring (bicyclic) bond motifs is 1. The molecule has 1 saturated heterocycles. The predicted octanol–water partition coefficient (Wildman–Crippen LogP) is 1.15. The Morgan fingerprint density at radius 3 is 2.74 bits per heavy atom. The Kier molecular flexibility index (Phi) is 3.12. The molecule has 19 heavy (non-hydrogen) atoms. The molecule has 0 radical (unpaired) electrons. The number of nitrogens with zero attached hydrogens (tertiary/aromatic N) is 3. The average Bonchev–Trinajstić information content (AvgIpc) is 2.82. The molecule has 0 atom stereocenters. The lowest BCUT2D eigenvalue weighted by molar-refractivity contribution is 0.100. The molecule has 0 saturated carbocycles. The molecule has 2 aromatic heterocycles. The third kappa shape index (κ3) is 2.41. The number of hydrogen-bond acceptors (Lipinski definition) is 5. The van der Waals surface area contributed by atoms with Gasteiger partial charge in [-0.15, -0.1) is 11.3 Å². The molecule has 0 unspecified atom stereocenters. The minimum atomic E-state index is -0.385. The summed E-state index contributed by atoms with van der Waals surface area (Å²) in [4.78, 5) is 21.9. The quantitative estimate of drug-likeness (QED) is 0.893. The number of rotatable bonds is 2. The van der Waals surface area contributed by atoms with Gasteiger partial charge in [-0.2, -0.15) is 0 Å². The van der Waals surface area contributed by atoms with Gasteiger partial charge >= 0.3 is 0 Å². The van der Waals surface area contributed by atoms with Crippen molar-refractivity contribution in [3.63, 3.8) is 0 Å². The lowest BCUT2D eigenvalue weighted by atomic mass is 10.3. The normalized spacial score (nSPS) is 17.0. The van der Waals surface area contributed by atoms with E-state index in [1.807, 2.05) is 18.2 Å². The average molecular weight is 276 g/mol. The second kappa shape index (κ2) is 4.79. The van der Waals surface area contributed by atoms with Crippen LogP contribution in [0, 0.1) is 0 Å². The van der Waals surface area contributed by atoms with Gasteiger partial charge in [-0.3, -0.25) is 4.79 Å². The number of amides is 1. The number of hydrogen-bond donors (Lipinski definition) is 1. The number of likely N-dealkylation sites (N-methyl/N-ethyl adjacent to an activating group) is 1. The van der Waals surface area contributed by atoms with Crippen LogP contribution in [-0.4, -0.2) is 49.0 Å². The fourth-order valence-corrected chi connectivity index (χ4v) is 3.12. The molecule has 6 heteroatoms. The molecule has 1 aliphatic heterocycles. The molecule has 1 fully saturated rings. The fraction of sp³-hybridized carbons (Fsp3) is 0.385. The highest BCUT2D eigenvalue weighted by molar-refractivity contribution is 7.20. The Morgan fingerprint density at radius 2 is 2.05 bits per heavy atom. The number of carbonyl (C=O) groups excluding carboxylic acids is 1. The molecule has 0 bridgehead atoms. The van der Waals surface area contributed by atoms with Crippen LogP contribution in [-0.2, 0) is 0 Å². The summed E-state index contributed by atoms with van der Waals surface area (Å²) in [6.45, 7) is 4.08. The Labute approximate surface area is 115 Å². The van der Waals surface area contributed by atoms with Crippen LogP contribution in [0.1, 0.15) is 9.67 Å². The van der Waals surface area contributed by atoms with E-state index >= 15 is 0 Å². The number of carbonyl (C=O) groups is 1. The van der Waals surface area contributed by atoms with Crippen molar-refractivity contribution in [2.24, 2.45) is 5.73 Å². The van der Waals surface area contributed by atoms with E-state index in [1.54, 1.807) is 0 Å². The SMILES string of the molecule is CN1CCN(c2ccc3cc(C(N)=O)sc3n2)CC1. The Hall–Kier alpha value is -1.66. The maximum absolute atomic E-state index is 11.2. The van der Waals surface area contributed by atoms with Crippen molar-refractivity contribution in [2.45, 2.75) is 0 Å². The molecule has 0 spiro atoms. The van der Waals surface area contributed by atoms with Crippen molar-refractivity contribution >= 4 is 33.3 Å². The third-order valence-corrected chi connectivity index (χ3v) is 4.50. The lowest BCUT2D eigenvalue weighted by Crippen LogP contribution is -2.44. The number of pyridine rings is 1. The van der Waals surface area contributed by atoms with Crippen molar-refractivity contribution in [3.05, 3.63) is 23.1 Å². The molecule has 5 nitrogen and oxygen atoms in total. The summed E-state index contributed by atoms with van der Waals surface area (Å²) < 4.78 is 0. The first kappa shape index (κ1) is 12.4. The fourth-order valence-electron chi connectivity index (χ4n) is 2.24. The number of nitrogens with two attached hydrogens (primary N) is 1. The van der Waals surface area contributed by atoms with Crippen LogP contribution >= 0.6 is 11.3 Å². The van der Waals surface area contributed by atoms with Gasteiger partial charge in [0, 0.05) is 31.6 Å². The van der Waals surface area contributed by atoms with E-state index in [0.29, 0.717) is 4.88 Å². The van der Waals surface area contributed by atoms with Gasteiger partial charge < -0.3 is 15.5 Å². The van der Waals surface area contributed by atoms with Gasteiger partial charge in [0.1, 0.15) is 10.6 Å². The number of aromatic nitrogens is 1. The first-order valence-electron chi connectivity index (χ1n) is 6.27. The summed E-state index contributed by atoms with van der Waals surface area (Å²) in [5.74, 6) is 0.600. The second-order valence-corrected chi connectivity index (χ2v) is 5.86. The van der Waals surface area contributed by atoms with Crippen LogP contribution in [0.5, 0.6) is 0 Å². The molecule has 0 aliphatic carbocycles. The van der Waals surface area contributed by atoms with Crippen LogP contribution in [0.2, 0.25) is 0 Å². The highest BCUT2D eigenvalue weighted by Gasteiger charge is 2.16. The Morgan fingerprint density at radius 1 is 1.32 bits per heavy atom. The topological polar surface area (TPSA) is 62.5 Å². The molecular formula is C13H16N4OS. The maximum atomic E-state index is 11.2. The van der Waals surface area contributed by atoms with Crippen LogP contribution in [0.15, 0.2) is 18.2 Å². The summed E-state index contributed by atoms with van der Waals surface area (Å²) in [6, 6.07) is 5.84. The summed E-state index contributed by atoms with van der Waals surface area (Å²) >= 11 is 1.36. The molecule has 1 amide bonds. The molecule has 3 rings (SSSR count). The van der Waals surface area contributed by atoms with Gasteiger partial charge in [-0.05, 0) is 25.2 Å². The summed E-state index contributed by atoms with van der Waals surface area (Å²) in [5.41, 5.74) is 5.30. The van der Waals surface area contributed by atoms with E-state index < -0.39 is 0 Å². The molecule has 1 aliphatic rings. The van der Waals surface area contributed by atoms with E-state index in [-0.39, 0.29) is 5.91 Å². The minimum absolute atomic E-state index is 0.385. The van der Waals surface area contributed by atoms with Crippen LogP contribution in [0.25, 0.3) is 10.2 Å². The van der Waals surface area contributed by atoms with Crippen molar-refractivity contribution in [1.29, 1.82) is 0 Å². The lowest BCUT2D eigenvalue weighted by Gasteiger charge is -2.33. The second-order valence-electron chi connectivity index (χ2n) is 4.83. The van der Waals surface area contributed by atoms with Gasteiger partial charge in [-0.1, -0.05) is 0 Å². The summed E-state index contributed by atoms with van der Waals surface area (Å²) in [7, 11) is 2.13. The predicted molar refractivity (Wildman–Crippen MR) is 77.8 cm³/mol. The van der Waals surface area contributed by atoms with Crippen molar-refractivity contribution in [2.75, 3.05) is 38.1 Å². The van der Waals surface area contributed by atoms with Gasteiger partial charge in [0.15, 0.2) is 0 Å². The van der Waals surface area contributed by atoms with Crippen LogP contribution in [0.3, 0.4) is 0 Å². The van der Waals surface area contributed by atoms with Gasteiger partial charge in [0.05, 0.1) is 4.88 Å². The van der Waals surface area contributed by atoms with E-state index in [1.165, 1.54) is 11.3 Å². The highest BCUT2D eigenvalue weighted by Crippen LogP contribution is 2.26. The molecule has 100 valence electrons. The standard InChI is InChI=1S/C13H16N4OS/c1-16-4-6-17(7-5-16)11-3-2-9-8-10(12(14)18)19-13(9)15-11/h2-3,8H,4-7H2,1H3,(H2,14,18). The summed E-state index contributed by atoms with van der Waals surface area (Å²) in [5, 5.41) is 0.983. The third-order valence-electron chi connectivity index (χ3n) is 3.44. The van der Waals surface area contributed by atoms with E-state index in [4.69, 9.17) is 5.73 Å². The molecule has 0 aromatic carbocycles. The van der Waals surface area contributed by atoms with Crippen molar-refractivity contribution in [3.8, 4) is 0 Å². The number of primary amides is 1. The molecule has 3 heterocycles. The molecule has 2 aromatic rings. The van der Waals surface area contributed by atoms with Crippen LogP contribution in [0.4, 0.5) is 5.82 Å². The molecule has 2 N–H and O–H groups in total. The van der Waals surface area contributed by atoms with Gasteiger partial charge in [0.2, 0.25) is 0 Å². The number of piperazine rings is 1. The summed E-state index contributed by atoms with van der Waals surface area (Å²) in [6.07, 6.45) is 0. The zero-order chi connectivity index (χ0) is 13.4. The first-order valence-corrected chi connectivity index (χ1v) is 7.09. The smallest absolute Gasteiger partial charge is 0.258 e. The minimum Gasteiger partial charge on any atom is -0.365 e. The Balaban J connectivity index is 1.90. The van der Waals surface area contributed by atoms with Crippen molar-refractivity contribution in [1.82, 2.24) is 9.88 Å². The van der Waals surface area contributed by atoms with Gasteiger partial charge in [0.25, 0.3) is 5.91 Å². The van der Waals surface area contributed by atoms with Crippen molar-refractivity contribution < 1.29 is 4.79 Å². The highest BCUT2D eigenvalue weighted by atomic mass is 32.1. The van der Waals surface area contributed by atoms with E-state index in [2.05, 4.69) is 21.8 Å². The van der Waals surface area contributed by atoms with Gasteiger partial charge in [-0.25, -0.2) is 4.98 Å². The number of anilines is 1. The monoisotopic (exact) mass is 276 g/mol. The largest absolute Gasteiger partial charge is 0.365 e. The number of thiophene rings is 1. The Bertz CT molecular complexity index is 616. The molecular weight excluding hydrogens is 260 g/mol. The van der Waals surface area contributed by atoms with E-state index in [9.17, 15) is 4.79 Å². The van der Waals surface area contributed by atoms with E-state index in [0.717, 1.165) is 42.2 Å². The zero-order valence-corrected chi connectivity index (χ0v) is 11.6. The first-order chi connectivity index (χ1) is 9.13. The zero-order valence-electron chi connectivity index (χ0n) is 10.8.